The second-order valence-electron chi connectivity index (χ2n) is 2.33. The normalized spacial score (nSPS) is 20.0. The van der Waals surface area contributed by atoms with E-state index in [2.05, 4.69) is 4.99 Å². The lowest BCUT2D eigenvalue weighted by atomic mass is 9.97. The molecule has 2 N–H and O–H groups in total. The Hall–Kier alpha value is -1.36. The molecule has 0 fully saturated rings. The fourth-order valence-corrected chi connectivity index (χ4v) is 0.945. The Morgan fingerprint density at radius 2 is 2.08 bits per heavy atom. The molecule has 0 saturated heterocycles. The molecule has 6 heteroatoms. The highest BCUT2D eigenvalue weighted by molar-refractivity contribution is 5.98. The van der Waals surface area contributed by atoms with Gasteiger partial charge < -0.3 is 10.2 Å². The van der Waals surface area contributed by atoms with Gasteiger partial charge in [0.15, 0.2) is 0 Å². The molecule has 0 aromatic carbocycles. The van der Waals surface area contributed by atoms with Crippen molar-refractivity contribution in [2.45, 2.75) is 0 Å². The van der Waals surface area contributed by atoms with E-state index in [-0.39, 0.29) is 24.5 Å². The number of dihydropyridines is 1. The average Bonchev–Trinajstić information content (AvgIpc) is 2.04. The first-order valence-electron chi connectivity index (χ1n) is 3.29. The van der Waals surface area contributed by atoms with Crippen LogP contribution in [0.3, 0.4) is 0 Å². The largest absolute Gasteiger partial charge is 0.481 e. The molecule has 0 radical (unpaired) electrons. The van der Waals surface area contributed by atoms with Crippen LogP contribution in [0.15, 0.2) is 16.6 Å². The first-order valence-corrected chi connectivity index (χ1v) is 3.29. The number of carbonyl (C=O) groups is 2. The predicted octanol–water partition coefficient (Wildman–Crippen LogP) is 0.204. The summed E-state index contributed by atoms with van der Waals surface area (Å²) in [4.78, 5) is 24.6. The maximum Gasteiger partial charge on any atom is 0.332 e. The number of carboxylic acids is 2. The quantitative estimate of drug-likeness (QED) is 0.675. The number of nitrogens with zero attached hydrogens (tertiary/aromatic N) is 1. The van der Waals surface area contributed by atoms with Crippen LogP contribution in [-0.4, -0.2) is 34.9 Å². The highest BCUT2D eigenvalue weighted by atomic mass is 35.5. The van der Waals surface area contributed by atoms with Crippen LogP contribution in [-0.2, 0) is 9.59 Å². The smallest absolute Gasteiger partial charge is 0.332 e. The van der Waals surface area contributed by atoms with Gasteiger partial charge in [-0.15, -0.1) is 12.4 Å². The summed E-state index contributed by atoms with van der Waals surface area (Å²) in [5.74, 6) is -3.36. The van der Waals surface area contributed by atoms with Crippen molar-refractivity contribution in [1.29, 1.82) is 0 Å². The number of halogens is 1. The van der Waals surface area contributed by atoms with E-state index < -0.39 is 17.9 Å². The van der Waals surface area contributed by atoms with E-state index in [4.69, 9.17) is 10.2 Å². The van der Waals surface area contributed by atoms with Crippen molar-refractivity contribution < 1.29 is 19.8 Å². The van der Waals surface area contributed by atoms with Crippen LogP contribution in [0.1, 0.15) is 0 Å². The molecule has 0 aromatic rings. The number of aliphatic carboxylic acids is 2. The lowest BCUT2D eigenvalue weighted by Crippen LogP contribution is -2.26. The van der Waals surface area contributed by atoms with Gasteiger partial charge in [0.2, 0.25) is 0 Å². The van der Waals surface area contributed by atoms with Gasteiger partial charge in [-0.05, 0) is 6.08 Å². The van der Waals surface area contributed by atoms with Gasteiger partial charge in [0.05, 0.1) is 12.1 Å². The summed E-state index contributed by atoms with van der Waals surface area (Å²) in [5, 5.41) is 17.1. The zero-order chi connectivity index (χ0) is 9.14. The maximum atomic E-state index is 10.5. The van der Waals surface area contributed by atoms with Crippen molar-refractivity contribution in [2.75, 3.05) is 6.54 Å². The topological polar surface area (TPSA) is 87.0 Å². The van der Waals surface area contributed by atoms with Gasteiger partial charge >= 0.3 is 11.9 Å². The van der Waals surface area contributed by atoms with Crippen LogP contribution in [0.25, 0.3) is 0 Å². The van der Waals surface area contributed by atoms with Crippen molar-refractivity contribution >= 4 is 30.6 Å². The maximum absolute atomic E-state index is 10.5. The Morgan fingerprint density at radius 1 is 1.46 bits per heavy atom. The van der Waals surface area contributed by atoms with E-state index in [0.29, 0.717) is 0 Å². The van der Waals surface area contributed by atoms with Gasteiger partial charge in [-0.2, -0.15) is 0 Å². The van der Waals surface area contributed by atoms with Gasteiger partial charge in [0.25, 0.3) is 0 Å². The fraction of sp³-hybridized carbons (Fsp3) is 0.286. The van der Waals surface area contributed by atoms with Crippen molar-refractivity contribution in [3.63, 3.8) is 0 Å². The molecular formula is C7H8ClNO4. The molecule has 13 heavy (non-hydrogen) atoms. The molecule has 0 aromatic heterocycles. The first-order chi connectivity index (χ1) is 5.63. The average molecular weight is 206 g/mol. The number of allylic oxidation sites excluding steroid dienone is 1. The van der Waals surface area contributed by atoms with E-state index in [0.717, 1.165) is 0 Å². The molecule has 0 spiro atoms. The van der Waals surface area contributed by atoms with Crippen molar-refractivity contribution in [3.8, 4) is 0 Å². The first kappa shape index (κ1) is 11.6. The second-order valence-corrected chi connectivity index (χ2v) is 2.33. The van der Waals surface area contributed by atoms with E-state index in [1.54, 1.807) is 0 Å². The van der Waals surface area contributed by atoms with Crippen molar-refractivity contribution in [1.82, 2.24) is 0 Å². The van der Waals surface area contributed by atoms with Crippen molar-refractivity contribution in [3.05, 3.63) is 11.6 Å². The highest BCUT2D eigenvalue weighted by Gasteiger charge is 2.27. The zero-order valence-corrected chi connectivity index (χ0v) is 7.32. The SMILES string of the molecule is Cl.O=C(O)C1=CC=NCC1C(=O)O. The number of hydrogen-bond donors (Lipinski definition) is 2. The van der Waals surface area contributed by atoms with Crippen LogP contribution in [0, 0.1) is 5.92 Å². The van der Waals surface area contributed by atoms with Crippen molar-refractivity contribution in [2.24, 2.45) is 10.9 Å². The van der Waals surface area contributed by atoms with E-state index in [1.807, 2.05) is 0 Å². The highest BCUT2D eigenvalue weighted by Crippen LogP contribution is 2.14. The molecule has 0 saturated carbocycles. The predicted molar refractivity (Wildman–Crippen MR) is 47.5 cm³/mol. The molecule has 0 bridgehead atoms. The van der Waals surface area contributed by atoms with Gasteiger partial charge in [-0.25, -0.2) is 4.79 Å². The van der Waals surface area contributed by atoms with Crippen LogP contribution >= 0.6 is 12.4 Å². The summed E-state index contributed by atoms with van der Waals surface area (Å²) < 4.78 is 0. The number of aliphatic imine (C=N–C) groups is 1. The minimum absolute atomic E-state index is 0. The van der Waals surface area contributed by atoms with Gasteiger partial charge in [0.1, 0.15) is 5.92 Å². The fourth-order valence-electron chi connectivity index (χ4n) is 0.945. The molecule has 5 nitrogen and oxygen atoms in total. The summed E-state index contributed by atoms with van der Waals surface area (Å²) in [7, 11) is 0. The van der Waals surface area contributed by atoms with Crippen LogP contribution in [0.5, 0.6) is 0 Å². The monoisotopic (exact) mass is 205 g/mol. The summed E-state index contributed by atoms with van der Waals surface area (Å²) in [6.45, 7) is 0.00741. The summed E-state index contributed by atoms with van der Waals surface area (Å²) in [6.07, 6.45) is 2.52. The molecule has 0 aliphatic carbocycles. The minimum Gasteiger partial charge on any atom is -0.481 e. The third-order valence-corrected chi connectivity index (χ3v) is 1.57. The minimum atomic E-state index is -1.20. The Labute approximate surface area is 80.2 Å². The van der Waals surface area contributed by atoms with Crippen LogP contribution in [0.2, 0.25) is 0 Å². The molecule has 1 aliphatic heterocycles. The zero-order valence-electron chi connectivity index (χ0n) is 6.51. The molecule has 1 atom stereocenters. The Kier molecular flexibility index (Phi) is 4.13. The summed E-state index contributed by atoms with van der Waals surface area (Å²) in [6, 6.07) is 0. The molecule has 72 valence electrons. The Morgan fingerprint density at radius 3 is 2.46 bits per heavy atom. The number of carboxylic acid groups (broad SMARTS) is 2. The lowest BCUT2D eigenvalue weighted by Gasteiger charge is -2.12. The van der Waals surface area contributed by atoms with Crippen LogP contribution < -0.4 is 0 Å². The lowest BCUT2D eigenvalue weighted by molar-refractivity contribution is -0.143. The molecule has 1 rings (SSSR count). The molecule has 1 heterocycles. The molecule has 0 amide bonds. The molecule has 1 unspecified atom stereocenters. The summed E-state index contributed by atoms with van der Waals surface area (Å²) in [5.41, 5.74) is -0.113. The second kappa shape index (κ2) is 4.61. The van der Waals surface area contributed by atoms with Gasteiger partial charge in [-0.1, -0.05) is 0 Å². The molecule has 1 aliphatic rings. The van der Waals surface area contributed by atoms with E-state index in [1.165, 1.54) is 12.3 Å². The third-order valence-electron chi connectivity index (χ3n) is 1.57. The Balaban J connectivity index is 0.00000144. The van der Waals surface area contributed by atoms with Gasteiger partial charge in [-0.3, -0.25) is 9.79 Å². The van der Waals surface area contributed by atoms with Gasteiger partial charge in [0, 0.05) is 6.21 Å². The van der Waals surface area contributed by atoms with E-state index in [9.17, 15) is 9.59 Å². The summed E-state index contributed by atoms with van der Waals surface area (Å²) >= 11 is 0. The van der Waals surface area contributed by atoms with E-state index >= 15 is 0 Å². The standard InChI is InChI=1S/C7H7NO4.ClH/c9-6(10)4-1-2-8-3-5(4)7(11)12;/h1-2,5H,3H2,(H,9,10)(H,11,12);1H. The Bertz CT molecular complexity index is 284. The third kappa shape index (κ3) is 2.55. The molecular weight excluding hydrogens is 198 g/mol. The number of hydrogen-bond acceptors (Lipinski definition) is 3. The van der Waals surface area contributed by atoms with Crippen LogP contribution in [0.4, 0.5) is 0 Å². The number of rotatable bonds is 2.